The summed E-state index contributed by atoms with van der Waals surface area (Å²) in [6.07, 6.45) is 3.04. The summed E-state index contributed by atoms with van der Waals surface area (Å²) in [5.74, 6) is 0.294. The maximum atomic E-state index is 12.3. The van der Waals surface area contributed by atoms with Crippen LogP contribution in [0.2, 0.25) is 10.0 Å². The third-order valence-corrected chi connectivity index (χ3v) is 6.94. The standard InChI is InChI=1S/C15H21Cl2NO2S/c1-2-18-14(15-5-3-4-8-21(15,19)20)10-11-9-12(16)6-7-13(11)17/h6-7,9,14-15,18H,2-5,8,10H2,1H3. The smallest absolute Gasteiger partial charge is 0.154 e. The Balaban J connectivity index is 2.24. The highest BCUT2D eigenvalue weighted by Crippen LogP contribution is 2.27. The lowest BCUT2D eigenvalue weighted by Gasteiger charge is -2.31. The topological polar surface area (TPSA) is 46.2 Å². The molecule has 0 aliphatic carbocycles. The highest BCUT2D eigenvalue weighted by atomic mass is 35.5. The maximum absolute atomic E-state index is 12.3. The molecule has 1 N–H and O–H groups in total. The number of sulfone groups is 1. The molecule has 1 heterocycles. The van der Waals surface area contributed by atoms with Gasteiger partial charge in [-0.25, -0.2) is 8.42 Å². The van der Waals surface area contributed by atoms with Crippen molar-refractivity contribution in [3.63, 3.8) is 0 Å². The second-order valence-electron chi connectivity index (χ2n) is 5.51. The Morgan fingerprint density at radius 1 is 1.33 bits per heavy atom. The summed E-state index contributed by atoms with van der Waals surface area (Å²) in [6, 6.07) is 5.21. The van der Waals surface area contributed by atoms with E-state index in [0.29, 0.717) is 22.2 Å². The molecule has 21 heavy (non-hydrogen) atoms. The van der Waals surface area contributed by atoms with E-state index in [4.69, 9.17) is 23.2 Å². The van der Waals surface area contributed by atoms with Crippen LogP contribution in [0.3, 0.4) is 0 Å². The Morgan fingerprint density at radius 3 is 2.76 bits per heavy atom. The summed E-state index contributed by atoms with van der Waals surface area (Å²) < 4.78 is 24.7. The van der Waals surface area contributed by atoms with Gasteiger partial charge in [-0.3, -0.25) is 0 Å². The molecule has 0 bridgehead atoms. The summed E-state index contributed by atoms with van der Waals surface area (Å²) >= 11 is 12.2. The summed E-state index contributed by atoms with van der Waals surface area (Å²) in [7, 11) is -3.03. The zero-order valence-corrected chi connectivity index (χ0v) is 14.4. The number of hydrogen-bond donors (Lipinski definition) is 1. The zero-order chi connectivity index (χ0) is 15.5. The molecule has 3 nitrogen and oxygen atoms in total. The van der Waals surface area contributed by atoms with Crippen molar-refractivity contribution in [1.82, 2.24) is 5.32 Å². The van der Waals surface area contributed by atoms with Gasteiger partial charge in [-0.05, 0) is 49.6 Å². The van der Waals surface area contributed by atoms with Gasteiger partial charge in [0.2, 0.25) is 0 Å². The number of likely N-dealkylation sites (N-methyl/N-ethyl adjacent to an activating group) is 1. The predicted molar refractivity (Wildman–Crippen MR) is 89.1 cm³/mol. The van der Waals surface area contributed by atoms with Gasteiger partial charge in [-0.2, -0.15) is 0 Å². The Hall–Kier alpha value is -0.290. The van der Waals surface area contributed by atoms with E-state index in [9.17, 15) is 8.42 Å². The molecule has 1 aliphatic heterocycles. The van der Waals surface area contributed by atoms with Crippen LogP contribution in [-0.4, -0.2) is 32.0 Å². The van der Waals surface area contributed by atoms with Crippen molar-refractivity contribution in [3.05, 3.63) is 33.8 Å². The van der Waals surface area contributed by atoms with E-state index in [1.54, 1.807) is 12.1 Å². The van der Waals surface area contributed by atoms with Gasteiger partial charge >= 0.3 is 0 Å². The van der Waals surface area contributed by atoms with Gasteiger partial charge in [0.1, 0.15) is 0 Å². The first-order valence-corrected chi connectivity index (χ1v) is 9.80. The van der Waals surface area contributed by atoms with Gasteiger partial charge < -0.3 is 5.32 Å². The van der Waals surface area contributed by atoms with Gasteiger partial charge in [0.15, 0.2) is 9.84 Å². The molecule has 2 unspecified atom stereocenters. The number of hydrogen-bond acceptors (Lipinski definition) is 3. The van der Waals surface area contributed by atoms with Crippen LogP contribution in [0.25, 0.3) is 0 Å². The molecule has 6 heteroatoms. The van der Waals surface area contributed by atoms with E-state index in [1.165, 1.54) is 0 Å². The average Bonchev–Trinajstić information content (AvgIpc) is 2.42. The van der Waals surface area contributed by atoms with Crippen LogP contribution in [0.4, 0.5) is 0 Å². The monoisotopic (exact) mass is 349 g/mol. The molecule has 0 aromatic heterocycles. The van der Waals surface area contributed by atoms with E-state index in [0.717, 1.165) is 31.4 Å². The highest BCUT2D eigenvalue weighted by molar-refractivity contribution is 7.92. The SMILES string of the molecule is CCNC(Cc1cc(Cl)ccc1Cl)C1CCCCS1(=O)=O. The lowest BCUT2D eigenvalue weighted by Crippen LogP contribution is -2.47. The first-order chi connectivity index (χ1) is 9.94. The summed E-state index contributed by atoms with van der Waals surface area (Å²) in [4.78, 5) is 0. The molecule has 0 spiro atoms. The Morgan fingerprint density at radius 2 is 2.10 bits per heavy atom. The molecule has 0 radical (unpaired) electrons. The highest BCUT2D eigenvalue weighted by Gasteiger charge is 2.35. The summed E-state index contributed by atoms with van der Waals surface area (Å²) in [5.41, 5.74) is 0.899. The molecular formula is C15H21Cl2NO2S. The summed E-state index contributed by atoms with van der Waals surface area (Å²) in [6.45, 7) is 2.72. The van der Waals surface area contributed by atoms with Crippen LogP contribution in [-0.2, 0) is 16.3 Å². The van der Waals surface area contributed by atoms with Gasteiger partial charge in [0, 0.05) is 16.1 Å². The van der Waals surface area contributed by atoms with Gasteiger partial charge in [0.25, 0.3) is 0 Å². The third kappa shape index (κ3) is 4.35. The second kappa shape index (κ2) is 7.32. The van der Waals surface area contributed by atoms with E-state index in [1.807, 2.05) is 13.0 Å². The van der Waals surface area contributed by atoms with Gasteiger partial charge in [-0.1, -0.05) is 36.5 Å². The van der Waals surface area contributed by atoms with Crippen molar-refractivity contribution in [2.75, 3.05) is 12.3 Å². The fourth-order valence-corrected chi connectivity index (χ4v) is 5.48. The molecule has 2 atom stereocenters. The summed E-state index contributed by atoms with van der Waals surface area (Å²) in [5, 5.41) is 4.25. The molecule has 0 amide bonds. The molecule has 118 valence electrons. The Bertz CT molecular complexity index is 589. The minimum atomic E-state index is -3.03. The fraction of sp³-hybridized carbons (Fsp3) is 0.600. The molecule has 1 aliphatic rings. The molecule has 0 saturated carbocycles. The quantitative estimate of drug-likeness (QED) is 0.884. The van der Waals surface area contributed by atoms with Crippen molar-refractivity contribution in [3.8, 4) is 0 Å². The number of nitrogens with one attached hydrogen (secondary N) is 1. The van der Waals surface area contributed by atoms with Gasteiger partial charge in [0.05, 0.1) is 11.0 Å². The lowest BCUT2D eigenvalue weighted by molar-refractivity contribution is 0.441. The van der Waals surface area contributed by atoms with Crippen LogP contribution in [0.5, 0.6) is 0 Å². The first-order valence-electron chi connectivity index (χ1n) is 7.33. The zero-order valence-electron chi connectivity index (χ0n) is 12.1. The number of rotatable bonds is 5. The van der Waals surface area contributed by atoms with Crippen LogP contribution < -0.4 is 5.32 Å². The van der Waals surface area contributed by atoms with E-state index >= 15 is 0 Å². The Labute approximate surface area is 136 Å². The predicted octanol–water partition coefficient (Wildman–Crippen LogP) is 3.48. The molecular weight excluding hydrogens is 329 g/mol. The normalized spacial score (nSPS) is 22.9. The second-order valence-corrected chi connectivity index (χ2v) is 8.69. The average molecular weight is 350 g/mol. The van der Waals surface area contributed by atoms with Crippen LogP contribution >= 0.6 is 23.2 Å². The molecule has 1 aromatic rings. The molecule has 1 aromatic carbocycles. The molecule has 1 fully saturated rings. The van der Waals surface area contributed by atoms with Crippen molar-refractivity contribution in [2.24, 2.45) is 0 Å². The lowest BCUT2D eigenvalue weighted by atomic mass is 9.99. The van der Waals surface area contributed by atoms with Crippen molar-refractivity contribution >= 4 is 33.0 Å². The first kappa shape index (κ1) is 17.1. The third-order valence-electron chi connectivity index (χ3n) is 3.99. The van der Waals surface area contributed by atoms with E-state index in [2.05, 4.69) is 5.32 Å². The van der Waals surface area contributed by atoms with Crippen LogP contribution in [0.1, 0.15) is 31.7 Å². The van der Waals surface area contributed by atoms with Crippen LogP contribution in [0, 0.1) is 0 Å². The maximum Gasteiger partial charge on any atom is 0.154 e. The van der Waals surface area contributed by atoms with Crippen molar-refractivity contribution < 1.29 is 8.42 Å². The van der Waals surface area contributed by atoms with E-state index in [-0.39, 0.29) is 11.3 Å². The molecule has 1 saturated heterocycles. The Kier molecular flexibility index (Phi) is 5.95. The largest absolute Gasteiger partial charge is 0.313 e. The number of benzene rings is 1. The molecule has 2 rings (SSSR count). The van der Waals surface area contributed by atoms with Crippen LogP contribution in [0.15, 0.2) is 18.2 Å². The minimum Gasteiger partial charge on any atom is -0.313 e. The number of halogens is 2. The minimum absolute atomic E-state index is 0.115. The van der Waals surface area contributed by atoms with Gasteiger partial charge in [-0.15, -0.1) is 0 Å². The fourth-order valence-electron chi connectivity index (χ4n) is 2.97. The van der Waals surface area contributed by atoms with Crippen molar-refractivity contribution in [1.29, 1.82) is 0 Å². The van der Waals surface area contributed by atoms with E-state index < -0.39 is 9.84 Å². The van der Waals surface area contributed by atoms with Crippen molar-refractivity contribution in [2.45, 2.75) is 43.9 Å².